The number of rotatable bonds is 1. The Hall–Kier alpha value is -2.15. The molecule has 0 amide bonds. The summed E-state index contributed by atoms with van der Waals surface area (Å²) in [6, 6.07) is 9.42. The normalized spacial score (nSPS) is 14.5. The molecule has 1 heterocycles. The highest BCUT2D eigenvalue weighted by Gasteiger charge is 2.10. The van der Waals surface area contributed by atoms with Crippen LogP contribution >= 0.6 is 0 Å². The van der Waals surface area contributed by atoms with Gasteiger partial charge in [-0.25, -0.2) is 0 Å². The molecule has 0 radical (unpaired) electrons. The number of hydrazine groups is 1. The van der Waals surface area contributed by atoms with Crippen LogP contribution in [0.4, 0.5) is 5.69 Å². The average molecular weight is 186 g/mol. The summed E-state index contributed by atoms with van der Waals surface area (Å²) >= 11 is 0. The molecule has 1 aliphatic heterocycles. The van der Waals surface area contributed by atoms with Crippen molar-refractivity contribution >= 4 is 5.69 Å². The molecule has 4 heteroatoms. The van der Waals surface area contributed by atoms with Gasteiger partial charge < -0.3 is 5.73 Å². The summed E-state index contributed by atoms with van der Waals surface area (Å²) in [7, 11) is 0. The number of hydrogen-bond acceptors (Lipinski definition) is 4. The molecule has 1 aromatic carbocycles. The molecule has 4 nitrogen and oxygen atoms in total. The maximum Gasteiger partial charge on any atom is 0.113 e. The van der Waals surface area contributed by atoms with Crippen molar-refractivity contribution < 1.29 is 0 Å². The van der Waals surface area contributed by atoms with E-state index in [1.807, 2.05) is 23.2 Å². The van der Waals surface area contributed by atoms with Gasteiger partial charge in [-0.15, -0.1) is 0 Å². The van der Waals surface area contributed by atoms with Crippen LogP contribution in [-0.2, 0) is 0 Å². The number of anilines is 1. The monoisotopic (exact) mass is 186 g/mol. The van der Waals surface area contributed by atoms with Crippen LogP contribution < -0.4 is 16.2 Å². The first-order chi connectivity index (χ1) is 6.79. The van der Waals surface area contributed by atoms with Crippen LogP contribution in [0.15, 0.2) is 36.2 Å². The predicted octanol–water partition coefficient (Wildman–Crippen LogP) is 0.683. The lowest BCUT2D eigenvalue weighted by molar-refractivity contribution is 0.797. The lowest BCUT2D eigenvalue weighted by Gasteiger charge is -2.19. The van der Waals surface area contributed by atoms with Gasteiger partial charge in [-0.05, 0) is 30.3 Å². The van der Waals surface area contributed by atoms with Crippen molar-refractivity contribution in [2.45, 2.75) is 0 Å². The Morgan fingerprint density at radius 1 is 1.36 bits per heavy atom. The highest BCUT2D eigenvalue weighted by Crippen LogP contribution is 2.15. The fourth-order valence-corrected chi connectivity index (χ4v) is 1.32. The van der Waals surface area contributed by atoms with Crippen LogP contribution in [0.2, 0.25) is 0 Å². The molecule has 14 heavy (non-hydrogen) atoms. The van der Waals surface area contributed by atoms with E-state index in [0.717, 1.165) is 12.2 Å². The Labute approximate surface area is 82.2 Å². The van der Waals surface area contributed by atoms with E-state index in [-0.39, 0.29) is 0 Å². The highest BCUT2D eigenvalue weighted by molar-refractivity contribution is 5.50. The molecule has 0 unspecified atom stereocenters. The molecule has 1 aromatic rings. The molecule has 1 aliphatic rings. The quantitative estimate of drug-likeness (QED) is 0.677. The maximum absolute atomic E-state index is 8.63. The number of nitrogens with two attached hydrogens (primary N) is 1. The van der Waals surface area contributed by atoms with E-state index in [1.54, 1.807) is 12.1 Å². The fraction of sp³-hybridized carbons (Fsp3) is 0.100. The maximum atomic E-state index is 8.63. The van der Waals surface area contributed by atoms with E-state index in [9.17, 15) is 0 Å². The summed E-state index contributed by atoms with van der Waals surface area (Å²) in [5.74, 6) is 0.661. The number of nitriles is 1. The zero-order chi connectivity index (χ0) is 9.97. The predicted molar refractivity (Wildman–Crippen MR) is 53.9 cm³/mol. The Morgan fingerprint density at radius 3 is 2.57 bits per heavy atom. The lowest BCUT2D eigenvalue weighted by Crippen LogP contribution is -2.33. The third kappa shape index (κ3) is 1.48. The molecule has 0 saturated heterocycles. The van der Waals surface area contributed by atoms with E-state index in [0.29, 0.717) is 11.4 Å². The van der Waals surface area contributed by atoms with Crippen molar-refractivity contribution in [3.63, 3.8) is 0 Å². The third-order valence-electron chi connectivity index (χ3n) is 2.07. The zero-order valence-corrected chi connectivity index (χ0v) is 7.57. The van der Waals surface area contributed by atoms with Crippen molar-refractivity contribution in [1.82, 2.24) is 5.43 Å². The van der Waals surface area contributed by atoms with Crippen molar-refractivity contribution in [3.8, 4) is 6.07 Å². The van der Waals surface area contributed by atoms with Crippen molar-refractivity contribution in [2.75, 3.05) is 11.6 Å². The van der Waals surface area contributed by atoms with Gasteiger partial charge in [-0.2, -0.15) is 5.26 Å². The van der Waals surface area contributed by atoms with Crippen molar-refractivity contribution in [3.05, 3.63) is 41.7 Å². The summed E-state index contributed by atoms with van der Waals surface area (Å²) in [5.41, 5.74) is 10.2. The van der Waals surface area contributed by atoms with E-state index in [4.69, 9.17) is 11.0 Å². The lowest BCUT2D eigenvalue weighted by atomic mass is 10.2. The van der Waals surface area contributed by atoms with Crippen LogP contribution in [0.1, 0.15) is 5.56 Å². The Morgan fingerprint density at radius 2 is 2.07 bits per heavy atom. The van der Waals surface area contributed by atoms with Crippen LogP contribution in [0, 0.1) is 11.3 Å². The first-order valence-corrected chi connectivity index (χ1v) is 4.29. The topological polar surface area (TPSA) is 65.1 Å². The molecule has 0 bridgehead atoms. The van der Waals surface area contributed by atoms with Gasteiger partial charge in [-0.3, -0.25) is 10.4 Å². The summed E-state index contributed by atoms with van der Waals surface area (Å²) in [6.07, 6.45) is 1.90. The third-order valence-corrected chi connectivity index (χ3v) is 2.07. The number of hydrogen-bond donors (Lipinski definition) is 2. The molecular formula is C10H10N4. The molecular weight excluding hydrogens is 176 g/mol. The second kappa shape index (κ2) is 3.30. The largest absolute Gasteiger partial charge is 0.384 e. The van der Waals surface area contributed by atoms with Crippen LogP contribution in [0.25, 0.3) is 0 Å². The van der Waals surface area contributed by atoms with Crippen molar-refractivity contribution in [1.29, 1.82) is 5.26 Å². The second-order valence-electron chi connectivity index (χ2n) is 3.04. The van der Waals surface area contributed by atoms with Gasteiger partial charge in [0.1, 0.15) is 5.82 Å². The Bertz CT molecular complexity index is 399. The minimum absolute atomic E-state index is 0.661. The highest BCUT2D eigenvalue weighted by atomic mass is 15.5. The minimum atomic E-state index is 0.661. The number of nitrogens with zero attached hydrogens (tertiary/aromatic N) is 2. The zero-order valence-electron chi connectivity index (χ0n) is 7.57. The first kappa shape index (κ1) is 8.45. The molecule has 0 aliphatic carbocycles. The molecule has 3 N–H and O–H groups in total. The summed E-state index contributed by atoms with van der Waals surface area (Å²) in [6.45, 7) is 0.748. The molecule has 0 saturated carbocycles. The molecule has 0 aromatic heterocycles. The Balaban J connectivity index is 2.15. The van der Waals surface area contributed by atoms with E-state index in [1.165, 1.54) is 0 Å². The summed E-state index contributed by atoms with van der Waals surface area (Å²) < 4.78 is 0. The van der Waals surface area contributed by atoms with Gasteiger partial charge in [0.05, 0.1) is 23.9 Å². The van der Waals surface area contributed by atoms with E-state index in [2.05, 4.69) is 11.5 Å². The smallest absolute Gasteiger partial charge is 0.113 e. The Kier molecular flexibility index (Phi) is 1.99. The van der Waals surface area contributed by atoms with Gasteiger partial charge in [0.15, 0.2) is 0 Å². The van der Waals surface area contributed by atoms with Gasteiger partial charge >= 0.3 is 0 Å². The average Bonchev–Trinajstić information content (AvgIpc) is 2.65. The van der Waals surface area contributed by atoms with Gasteiger partial charge in [0.2, 0.25) is 0 Å². The second-order valence-corrected chi connectivity index (χ2v) is 3.04. The standard InChI is InChI=1S/C10H10N4/c11-7-8-1-3-9(4-2-8)14-6-5-10(12)13-14/h1-5,13H,6,12H2. The summed E-state index contributed by atoms with van der Waals surface area (Å²) in [4.78, 5) is 0. The fourth-order valence-electron chi connectivity index (χ4n) is 1.32. The molecule has 70 valence electrons. The molecule has 2 rings (SSSR count). The van der Waals surface area contributed by atoms with Crippen LogP contribution in [-0.4, -0.2) is 6.54 Å². The van der Waals surface area contributed by atoms with Gasteiger partial charge in [0, 0.05) is 0 Å². The van der Waals surface area contributed by atoms with Crippen LogP contribution in [0.5, 0.6) is 0 Å². The van der Waals surface area contributed by atoms with Crippen molar-refractivity contribution in [2.24, 2.45) is 5.73 Å². The first-order valence-electron chi connectivity index (χ1n) is 4.29. The summed E-state index contributed by atoms with van der Waals surface area (Å²) in [5, 5.41) is 10.5. The molecule has 0 fully saturated rings. The number of benzene rings is 1. The van der Waals surface area contributed by atoms with E-state index >= 15 is 0 Å². The number of nitrogens with one attached hydrogen (secondary N) is 1. The van der Waals surface area contributed by atoms with Gasteiger partial charge in [-0.1, -0.05) is 0 Å². The SMILES string of the molecule is N#Cc1ccc(N2CC=C(N)N2)cc1. The minimum Gasteiger partial charge on any atom is -0.384 e. The van der Waals surface area contributed by atoms with Crippen LogP contribution in [0.3, 0.4) is 0 Å². The molecule has 0 atom stereocenters. The van der Waals surface area contributed by atoms with E-state index < -0.39 is 0 Å². The molecule has 0 spiro atoms. The van der Waals surface area contributed by atoms with Gasteiger partial charge in [0.25, 0.3) is 0 Å².